The van der Waals surface area contributed by atoms with Gasteiger partial charge in [-0.15, -0.1) is 11.6 Å². The Kier molecular flexibility index (Phi) is 5.34. The molecule has 0 heterocycles. The Morgan fingerprint density at radius 3 is 2.53 bits per heavy atom. The van der Waals surface area contributed by atoms with E-state index >= 15 is 0 Å². The van der Waals surface area contributed by atoms with Crippen molar-refractivity contribution in [1.29, 1.82) is 0 Å². The van der Waals surface area contributed by atoms with Gasteiger partial charge in [-0.3, -0.25) is 0 Å². The van der Waals surface area contributed by atoms with Crippen LogP contribution >= 0.6 is 11.6 Å². The molecule has 1 aliphatic rings. The van der Waals surface area contributed by atoms with E-state index in [4.69, 9.17) is 16.3 Å². The predicted molar refractivity (Wildman–Crippen MR) is 72.3 cm³/mol. The molecule has 0 radical (unpaired) electrons. The molecule has 1 aliphatic carbocycles. The average Bonchev–Trinajstić information content (AvgIpc) is 2.90. The first-order valence-corrected chi connectivity index (χ1v) is 7.11. The van der Waals surface area contributed by atoms with E-state index in [9.17, 15) is 0 Å². The average molecular weight is 253 g/mol. The number of ether oxygens (including phenoxy) is 1. The van der Waals surface area contributed by atoms with Gasteiger partial charge in [-0.25, -0.2) is 0 Å². The Labute approximate surface area is 109 Å². The van der Waals surface area contributed by atoms with Crippen LogP contribution < -0.4 is 0 Å². The lowest BCUT2D eigenvalue weighted by Gasteiger charge is -2.20. The number of hydrogen-bond donors (Lipinski definition) is 0. The van der Waals surface area contributed by atoms with Crippen molar-refractivity contribution in [2.75, 3.05) is 12.5 Å². The first-order valence-electron chi connectivity index (χ1n) is 6.58. The van der Waals surface area contributed by atoms with Gasteiger partial charge >= 0.3 is 0 Å². The van der Waals surface area contributed by atoms with Crippen LogP contribution in [0.3, 0.4) is 0 Å². The third-order valence-corrected chi connectivity index (χ3v) is 4.10. The van der Waals surface area contributed by atoms with Crippen LogP contribution in [0.4, 0.5) is 0 Å². The summed E-state index contributed by atoms with van der Waals surface area (Å²) in [4.78, 5) is 0. The summed E-state index contributed by atoms with van der Waals surface area (Å²) < 4.78 is 5.80. The molecule has 1 aromatic carbocycles. The Hall–Kier alpha value is -0.530. The number of hydrogen-bond acceptors (Lipinski definition) is 1. The van der Waals surface area contributed by atoms with Crippen molar-refractivity contribution in [1.82, 2.24) is 0 Å². The number of alkyl halides is 1. The maximum Gasteiger partial charge on any atom is 0.0717 e. The van der Waals surface area contributed by atoms with E-state index in [0.29, 0.717) is 12.5 Å². The molecule has 94 valence electrons. The molecule has 1 saturated carbocycles. The lowest BCUT2D eigenvalue weighted by molar-refractivity contribution is 0.0745. The van der Waals surface area contributed by atoms with Gasteiger partial charge in [0, 0.05) is 5.88 Å². The van der Waals surface area contributed by atoms with Crippen molar-refractivity contribution in [3.63, 3.8) is 0 Å². The van der Waals surface area contributed by atoms with Crippen LogP contribution in [0, 0.1) is 11.8 Å². The maximum atomic E-state index is 6.05. The highest BCUT2D eigenvalue weighted by Crippen LogP contribution is 2.32. The third kappa shape index (κ3) is 4.01. The van der Waals surface area contributed by atoms with E-state index < -0.39 is 0 Å². The standard InChI is InChI=1S/C15H21ClO/c16-10-15(14-8-4-5-9-14)12-17-11-13-6-2-1-3-7-13/h1-3,6-7,14-15H,4-5,8-12H2. The molecule has 0 spiro atoms. The second-order valence-electron chi connectivity index (χ2n) is 4.96. The molecule has 0 N–H and O–H groups in total. The number of rotatable bonds is 6. The number of halogens is 1. The van der Waals surface area contributed by atoms with E-state index in [1.807, 2.05) is 6.07 Å². The van der Waals surface area contributed by atoms with Crippen LogP contribution in [0.1, 0.15) is 31.2 Å². The van der Waals surface area contributed by atoms with Crippen molar-refractivity contribution in [2.45, 2.75) is 32.3 Å². The minimum atomic E-state index is 0.544. The van der Waals surface area contributed by atoms with Crippen LogP contribution in [0.25, 0.3) is 0 Å². The highest BCUT2D eigenvalue weighted by Gasteiger charge is 2.24. The van der Waals surface area contributed by atoms with E-state index in [0.717, 1.165) is 18.4 Å². The van der Waals surface area contributed by atoms with Gasteiger partial charge in [0.05, 0.1) is 13.2 Å². The number of benzene rings is 1. The van der Waals surface area contributed by atoms with Gasteiger partial charge in [-0.05, 0) is 17.4 Å². The van der Waals surface area contributed by atoms with Crippen LogP contribution in [0.2, 0.25) is 0 Å². The monoisotopic (exact) mass is 252 g/mol. The van der Waals surface area contributed by atoms with Crippen LogP contribution in [0.5, 0.6) is 0 Å². The Balaban J connectivity index is 1.72. The molecule has 2 heteroatoms. The summed E-state index contributed by atoms with van der Waals surface area (Å²) in [6.45, 7) is 1.52. The summed E-state index contributed by atoms with van der Waals surface area (Å²) in [6.07, 6.45) is 5.42. The molecule has 0 aliphatic heterocycles. The molecule has 0 aromatic heterocycles. The van der Waals surface area contributed by atoms with E-state index in [-0.39, 0.29) is 0 Å². The summed E-state index contributed by atoms with van der Waals surface area (Å²) in [5.41, 5.74) is 1.24. The topological polar surface area (TPSA) is 9.23 Å². The van der Waals surface area contributed by atoms with Gasteiger partial charge < -0.3 is 4.74 Å². The van der Waals surface area contributed by atoms with Crippen molar-refractivity contribution >= 4 is 11.6 Å². The molecule has 0 amide bonds. The Bertz CT molecular complexity index is 306. The van der Waals surface area contributed by atoms with Gasteiger partial charge in [0.25, 0.3) is 0 Å². The van der Waals surface area contributed by atoms with Crippen LogP contribution in [-0.2, 0) is 11.3 Å². The van der Waals surface area contributed by atoms with Crippen molar-refractivity contribution in [3.8, 4) is 0 Å². The van der Waals surface area contributed by atoms with Crippen LogP contribution in [-0.4, -0.2) is 12.5 Å². The smallest absolute Gasteiger partial charge is 0.0717 e. The fourth-order valence-corrected chi connectivity index (χ4v) is 2.98. The summed E-state index contributed by atoms with van der Waals surface area (Å²) in [5.74, 6) is 2.07. The van der Waals surface area contributed by atoms with Gasteiger partial charge in [0.15, 0.2) is 0 Å². The van der Waals surface area contributed by atoms with Crippen LogP contribution in [0.15, 0.2) is 30.3 Å². The van der Waals surface area contributed by atoms with Gasteiger partial charge in [0.2, 0.25) is 0 Å². The van der Waals surface area contributed by atoms with E-state index in [1.165, 1.54) is 31.2 Å². The second-order valence-corrected chi connectivity index (χ2v) is 5.27. The summed E-state index contributed by atoms with van der Waals surface area (Å²) in [6, 6.07) is 10.3. The minimum Gasteiger partial charge on any atom is -0.376 e. The van der Waals surface area contributed by atoms with Crippen molar-refractivity contribution in [2.24, 2.45) is 11.8 Å². The SMILES string of the molecule is ClCC(COCc1ccccc1)C1CCCC1. The highest BCUT2D eigenvalue weighted by molar-refractivity contribution is 6.18. The zero-order valence-corrected chi connectivity index (χ0v) is 11.0. The zero-order chi connectivity index (χ0) is 11.9. The fraction of sp³-hybridized carbons (Fsp3) is 0.600. The first-order chi connectivity index (χ1) is 8.40. The molecular weight excluding hydrogens is 232 g/mol. The molecule has 17 heavy (non-hydrogen) atoms. The molecule has 2 rings (SSSR count). The predicted octanol–water partition coefficient (Wildman–Crippen LogP) is 4.25. The molecule has 0 saturated heterocycles. The maximum absolute atomic E-state index is 6.05. The third-order valence-electron chi connectivity index (χ3n) is 3.71. The van der Waals surface area contributed by atoms with Crippen molar-refractivity contribution < 1.29 is 4.74 Å². The molecule has 0 bridgehead atoms. The molecule has 1 aromatic rings. The van der Waals surface area contributed by atoms with Gasteiger partial charge in [-0.1, -0.05) is 56.0 Å². The molecule has 1 nitrogen and oxygen atoms in total. The molecule has 1 atom stereocenters. The zero-order valence-electron chi connectivity index (χ0n) is 10.3. The Morgan fingerprint density at radius 2 is 1.88 bits per heavy atom. The second kappa shape index (κ2) is 7.03. The highest BCUT2D eigenvalue weighted by atomic mass is 35.5. The minimum absolute atomic E-state index is 0.544. The van der Waals surface area contributed by atoms with E-state index in [1.54, 1.807) is 0 Å². The molecular formula is C15H21ClO. The van der Waals surface area contributed by atoms with Gasteiger partial charge in [0.1, 0.15) is 0 Å². The quantitative estimate of drug-likeness (QED) is 0.688. The van der Waals surface area contributed by atoms with Gasteiger partial charge in [-0.2, -0.15) is 0 Å². The van der Waals surface area contributed by atoms with E-state index in [2.05, 4.69) is 24.3 Å². The Morgan fingerprint density at radius 1 is 1.18 bits per heavy atom. The lowest BCUT2D eigenvalue weighted by atomic mass is 9.93. The lowest BCUT2D eigenvalue weighted by Crippen LogP contribution is -2.19. The summed E-state index contributed by atoms with van der Waals surface area (Å²) in [7, 11) is 0. The fourth-order valence-electron chi connectivity index (χ4n) is 2.64. The summed E-state index contributed by atoms with van der Waals surface area (Å²) in [5, 5.41) is 0. The molecule has 1 unspecified atom stereocenters. The van der Waals surface area contributed by atoms with Crippen molar-refractivity contribution in [3.05, 3.63) is 35.9 Å². The first kappa shape index (κ1) is 12.9. The largest absolute Gasteiger partial charge is 0.376 e. The normalized spacial score (nSPS) is 18.4. The summed E-state index contributed by atoms with van der Waals surface area (Å²) >= 11 is 6.05. The molecule has 1 fully saturated rings.